The first-order chi connectivity index (χ1) is 9.02. The SMILES string of the molecule is CC(C)c1cc(C(=O)NC2CCCC2CN)nn1C. The third-order valence-electron chi connectivity index (χ3n) is 4.02. The van der Waals surface area contributed by atoms with Crippen molar-refractivity contribution in [2.75, 3.05) is 6.54 Å². The van der Waals surface area contributed by atoms with Crippen LogP contribution >= 0.6 is 0 Å². The molecule has 1 aliphatic carbocycles. The predicted octanol–water partition coefficient (Wildman–Crippen LogP) is 1.40. The molecule has 1 heterocycles. The molecule has 19 heavy (non-hydrogen) atoms. The largest absolute Gasteiger partial charge is 0.348 e. The minimum atomic E-state index is -0.0761. The van der Waals surface area contributed by atoms with Gasteiger partial charge in [-0.05, 0) is 37.3 Å². The van der Waals surface area contributed by atoms with Gasteiger partial charge < -0.3 is 11.1 Å². The zero-order valence-corrected chi connectivity index (χ0v) is 12.0. The van der Waals surface area contributed by atoms with Crippen molar-refractivity contribution in [1.82, 2.24) is 15.1 Å². The van der Waals surface area contributed by atoms with Crippen LogP contribution in [-0.2, 0) is 7.05 Å². The molecule has 0 bridgehead atoms. The lowest BCUT2D eigenvalue weighted by Gasteiger charge is -2.18. The Morgan fingerprint density at radius 3 is 2.89 bits per heavy atom. The fourth-order valence-electron chi connectivity index (χ4n) is 2.88. The summed E-state index contributed by atoms with van der Waals surface area (Å²) < 4.78 is 1.79. The normalized spacial score (nSPS) is 23.0. The van der Waals surface area contributed by atoms with E-state index in [4.69, 9.17) is 5.73 Å². The van der Waals surface area contributed by atoms with E-state index < -0.39 is 0 Å². The number of carbonyl (C=O) groups is 1. The highest BCUT2D eigenvalue weighted by molar-refractivity contribution is 5.92. The number of nitrogens with one attached hydrogen (secondary N) is 1. The molecule has 0 aliphatic heterocycles. The molecule has 1 fully saturated rings. The highest BCUT2D eigenvalue weighted by atomic mass is 16.2. The molecule has 1 aromatic heterocycles. The minimum absolute atomic E-state index is 0.0761. The quantitative estimate of drug-likeness (QED) is 0.863. The van der Waals surface area contributed by atoms with Crippen molar-refractivity contribution in [2.45, 2.75) is 45.1 Å². The van der Waals surface area contributed by atoms with Crippen molar-refractivity contribution in [2.24, 2.45) is 18.7 Å². The maximum Gasteiger partial charge on any atom is 0.272 e. The lowest BCUT2D eigenvalue weighted by atomic mass is 10.0. The van der Waals surface area contributed by atoms with E-state index in [-0.39, 0.29) is 11.9 Å². The summed E-state index contributed by atoms with van der Waals surface area (Å²) in [6.45, 7) is 4.84. The maximum atomic E-state index is 12.2. The first-order valence-corrected chi connectivity index (χ1v) is 7.07. The van der Waals surface area contributed by atoms with E-state index in [0.717, 1.165) is 25.0 Å². The number of aromatic nitrogens is 2. The van der Waals surface area contributed by atoms with Crippen LogP contribution < -0.4 is 11.1 Å². The standard InChI is InChI=1S/C14H24N4O/c1-9(2)13-7-12(17-18(13)3)14(19)16-11-6-4-5-10(11)8-15/h7,9-11H,4-6,8,15H2,1-3H3,(H,16,19). The van der Waals surface area contributed by atoms with Crippen LogP contribution in [0.4, 0.5) is 0 Å². The number of rotatable bonds is 4. The van der Waals surface area contributed by atoms with Crippen LogP contribution in [0.1, 0.15) is 55.2 Å². The van der Waals surface area contributed by atoms with E-state index in [0.29, 0.717) is 24.1 Å². The first-order valence-electron chi connectivity index (χ1n) is 7.07. The smallest absolute Gasteiger partial charge is 0.272 e. The minimum Gasteiger partial charge on any atom is -0.348 e. The van der Waals surface area contributed by atoms with E-state index in [2.05, 4.69) is 24.3 Å². The highest BCUT2D eigenvalue weighted by Gasteiger charge is 2.28. The second-order valence-electron chi connectivity index (χ2n) is 5.74. The van der Waals surface area contributed by atoms with Crippen molar-refractivity contribution in [3.05, 3.63) is 17.5 Å². The molecule has 0 aromatic carbocycles. The number of aryl methyl sites for hydroxylation is 1. The second-order valence-corrected chi connectivity index (χ2v) is 5.74. The molecule has 5 nitrogen and oxygen atoms in total. The number of nitrogens with two attached hydrogens (primary N) is 1. The van der Waals surface area contributed by atoms with Crippen LogP contribution in [0.25, 0.3) is 0 Å². The molecule has 0 radical (unpaired) electrons. The number of nitrogens with zero attached hydrogens (tertiary/aromatic N) is 2. The van der Waals surface area contributed by atoms with Gasteiger partial charge in [-0.3, -0.25) is 9.48 Å². The van der Waals surface area contributed by atoms with Crippen LogP contribution in [0.3, 0.4) is 0 Å². The summed E-state index contributed by atoms with van der Waals surface area (Å²) in [4.78, 5) is 12.2. The Bertz CT molecular complexity index is 452. The van der Waals surface area contributed by atoms with Gasteiger partial charge in [0.15, 0.2) is 0 Å². The molecule has 1 aliphatic rings. The predicted molar refractivity (Wildman–Crippen MR) is 74.9 cm³/mol. The van der Waals surface area contributed by atoms with Crippen LogP contribution in [0.5, 0.6) is 0 Å². The first kappa shape index (κ1) is 14.1. The second kappa shape index (κ2) is 5.74. The van der Waals surface area contributed by atoms with Crippen molar-refractivity contribution < 1.29 is 4.79 Å². The van der Waals surface area contributed by atoms with E-state index in [1.807, 2.05) is 13.1 Å². The average Bonchev–Trinajstić information content (AvgIpc) is 2.95. The molecule has 1 aromatic rings. The third kappa shape index (κ3) is 2.97. The molecule has 1 saturated carbocycles. The fourth-order valence-corrected chi connectivity index (χ4v) is 2.88. The van der Waals surface area contributed by atoms with Gasteiger partial charge in [-0.2, -0.15) is 5.10 Å². The summed E-state index contributed by atoms with van der Waals surface area (Å²) in [6.07, 6.45) is 3.28. The van der Waals surface area contributed by atoms with Crippen LogP contribution in [0.2, 0.25) is 0 Å². The molecule has 2 atom stereocenters. The topological polar surface area (TPSA) is 72.9 Å². The molecule has 5 heteroatoms. The van der Waals surface area contributed by atoms with Gasteiger partial charge in [0, 0.05) is 18.8 Å². The van der Waals surface area contributed by atoms with Crippen molar-refractivity contribution in [1.29, 1.82) is 0 Å². The lowest BCUT2D eigenvalue weighted by Crippen LogP contribution is -2.40. The third-order valence-corrected chi connectivity index (χ3v) is 4.02. The molecule has 2 rings (SSSR count). The van der Waals surface area contributed by atoms with Gasteiger partial charge in [-0.1, -0.05) is 20.3 Å². The molecule has 106 valence electrons. The van der Waals surface area contributed by atoms with Gasteiger partial charge >= 0.3 is 0 Å². The zero-order chi connectivity index (χ0) is 14.0. The zero-order valence-electron chi connectivity index (χ0n) is 12.0. The Morgan fingerprint density at radius 2 is 2.32 bits per heavy atom. The van der Waals surface area contributed by atoms with Gasteiger partial charge in [-0.25, -0.2) is 0 Å². The van der Waals surface area contributed by atoms with Crippen LogP contribution in [-0.4, -0.2) is 28.3 Å². The lowest BCUT2D eigenvalue weighted by molar-refractivity contribution is 0.0923. The van der Waals surface area contributed by atoms with Crippen LogP contribution in [0, 0.1) is 5.92 Å². The number of amides is 1. The van der Waals surface area contributed by atoms with E-state index in [1.54, 1.807) is 4.68 Å². The fraction of sp³-hybridized carbons (Fsp3) is 0.714. The number of hydrogen-bond donors (Lipinski definition) is 2. The number of carbonyl (C=O) groups excluding carboxylic acids is 1. The Balaban J connectivity index is 2.06. The van der Waals surface area contributed by atoms with Crippen LogP contribution in [0.15, 0.2) is 6.07 Å². The van der Waals surface area contributed by atoms with Gasteiger partial charge in [-0.15, -0.1) is 0 Å². The Morgan fingerprint density at radius 1 is 1.58 bits per heavy atom. The average molecular weight is 264 g/mol. The molecular formula is C14H24N4O. The molecular weight excluding hydrogens is 240 g/mol. The highest BCUT2D eigenvalue weighted by Crippen LogP contribution is 2.25. The number of hydrogen-bond acceptors (Lipinski definition) is 3. The Labute approximate surface area is 114 Å². The summed E-state index contributed by atoms with van der Waals surface area (Å²) in [6, 6.07) is 2.09. The maximum absolute atomic E-state index is 12.2. The molecule has 3 N–H and O–H groups in total. The summed E-state index contributed by atoms with van der Waals surface area (Å²) in [5.41, 5.74) is 7.32. The van der Waals surface area contributed by atoms with Crippen molar-refractivity contribution in [3.8, 4) is 0 Å². The summed E-state index contributed by atoms with van der Waals surface area (Å²) in [5.74, 6) is 0.701. The van der Waals surface area contributed by atoms with Gasteiger partial charge in [0.2, 0.25) is 0 Å². The van der Waals surface area contributed by atoms with Gasteiger partial charge in [0.1, 0.15) is 5.69 Å². The van der Waals surface area contributed by atoms with Crippen molar-refractivity contribution in [3.63, 3.8) is 0 Å². The Hall–Kier alpha value is -1.36. The molecule has 1 amide bonds. The van der Waals surface area contributed by atoms with Gasteiger partial charge in [0.25, 0.3) is 5.91 Å². The monoisotopic (exact) mass is 264 g/mol. The molecule has 0 saturated heterocycles. The molecule has 2 unspecified atom stereocenters. The van der Waals surface area contributed by atoms with E-state index in [9.17, 15) is 4.79 Å². The summed E-state index contributed by atoms with van der Waals surface area (Å²) >= 11 is 0. The van der Waals surface area contributed by atoms with E-state index >= 15 is 0 Å². The Kier molecular flexibility index (Phi) is 4.24. The molecule has 0 spiro atoms. The summed E-state index contributed by atoms with van der Waals surface area (Å²) in [7, 11) is 1.88. The van der Waals surface area contributed by atoms with Crippen molar-refractivity contribution >= 4 is 5.91 Å². The van der Waals surface area contributed by atoms with Gasteiger partial charge in [0.05, 0.1) is 0 Å². The summed E-state index contributed by atoms with van der Waals surface area (Å²) in [5, 5.41) is 7.38. The van der Waals surface area contributed by atoms with E-state index in [1.165, 1.54) is 0 Å².